The van der Waals surface area contributed by atoms with E-state index in [1.54, 1.807) is 18.2 Å². The Balaban J connectivity index is 1.35. The Labute approximate surface area is 196 Å². The van der Waals surface area contributed by atoms with Crippen molar-refractivity contribution in [3.63, 3.8) is 0 Å². The molecule has 12 nitrogen and oxygen atoms in total. The molecule has 34 heavy (non-hydrogen) atoms. The first kappa shape index (κ1) is 25.3. The number of nitrogens with one attached hydrogen (secondary N) is 1. The summed E-state index contributed by atoms with van der Waals surface area (Å²) in [7, 11) is 0. The van der Waals surface area contributed by atoms with E-state index in [0.29, 0.717) is 52.6 Å². The van der Waals surface area contributed by atoms with Gasteiger partial charge in [0.1, 0.15) is 6.04 Å². The molecule has 2 aliphatic rings. The molecule has 4 amide bonds. The van der Waals surface area contributed by atoms with Crippen LogP contribution in [-0.2, 0) is 30.2 Å². The summed E-state index contributed by atoms with van der Waals surface area (Å²) < 4.78 is 16.1. The van der Waals surface area contributed by atoms with Crippen LogP contribution in [0.25, 0.3) is 10.4 Å². The minimum Gasteiger partial charge on any atom is -0.379 e. The average Bonchev–Trinajstić information content (AvgIpc) is 3.06. The molecule has 2 aliphatic heterocycles. The van der Waals surface area contributed by atoms with E-state index >= 15 is 0 Å². The van der Waals surface area contributed by atoms with Crippen molar-refractivity contribution in [2.45, 2.75) is 31.7 Å². The highest BCUT2D eigenvalue weighted by Crippen LogP contribution is 2.28. The fourth-order valence-electron chi connectivity index (χ4n) is 3.74. The van der Waals surface area contributed by atoms with E-state index < -0.39 is 29.7 Å². The molecule has 0 aliphatic carbocycles. The van der Waals surface area contributed by atoms with Gasteiger partial charge in [-0.1, -0.05) is 11.2 Å². The maximum atomic E-state index is 12.8. The molecule has 1 fully saturated rings. The Hall–Kier alpha value is -3.31. The molecular weight excluding hydrogens is 446 g/mol. The quantitative estimate of drug-likeness (QED) is 0.140. The maximum Gasteiger partial charge on any atom is 0.262 e. The zero-order valence-corrected chi connectivity index (χ0v) is 18.7. The fourth-order valence-corrected chi connectivity index (χ4v) is 3.74. The number of aryl methyl sites for hydroxylation is 1. The standard InChI is InChI=1S/C22H27N5O7/c23-26-24-7-9-33-11-13-34-12-10-32-8-1-2-15-3-4-16-17(14-15)22(31)27(21(16)30)18-5-6-19(28)25-20(18)29/h3-4,14,18H,1-2,5-13H2,(H,25,28,29). The molecule has 1 saturated heterocycles. The van der Waals surface area contributed by atoms with Crippen LogP contribution >= 0.6 is 0 Å². The molecule has 12 heteroatoms. The second-order valence-electron chi connectivity index (χ2n) is 7.72. The third-order valence-corrected chi connectivity index (χ3v) is 5.40. The van der Waals surface area contributed by atoms with Crippen molar-refractivity contribution in [2.75, 3.05) is 46.2 Å². The van der Waals surface area contributed by atoms with Crippen LogP contribution in [0.4, 0.5) is 0 Å². The zero-order valence-electron chi connectivity index (χ0n) is 18.7. The van der Waals surface area contributed by atoms with Gasteiger partial charge < -0.3 is 14.2 Å². The summed E-state index contributed by atoms with van der Waals surface area (Å²) in [4.78, 5) is 52.7. The smallest absolute Gasteiger partial charge is 0.262 e. The third-order valence-electron chi connectivity index (χ3n) is 5.40. The number of benzene rings is 1. The number of rotatable bonds is 14. The summed E-state index contributed by atoms with van der Waals surface area (Å²) in [6.45, 7) is 2.90. The summed E-state index contributed by atoms with van der Waals surface area (Å²) in [6.07, 6.45) is 1.61. The molecule has 1 N–H and O–H groups in total. The molecule has 0 aromatic heterocycles. The Morgan fingerprint density at radius 3 is 2.35 bits per heavy atom. The first-order valence-corrected chi connectivity index (χ1v) is 11.1. The molecule has 0 spiro atoms. The largest absolute Gasteiger partial charge is 0.379 e. The molecule has 3 rings (SSSR count). The SMILES string of the molecule is [N-]=[N+]=NCCOCCOCCOCCCc1ccc2c(c1)C(=O)N(C1CCC(=O)NC1=O)C2=O. The van der Waals surface area contributed by atoms with Crippen LogP contribution in [0.1, 0.15) is 45.5 Å². The molecule has 1 aromatic rings. The van der Waals surface area contributed by atoms with Crippen LogP contribution in [0, 0.1) is 0 Å². The Kier molecular flexibility index (Phi) is 9.53. The van der Waals surface area contributed by atoms with Crippen LogP contribution in [-0.4, -0.2) is 80.8 Å². The number of hydrogen-bond acceptors (Lipinski definition) is 8. The summed E-state index contributed by atoms with van der Waals surface area (Å²) in [5, 5.41) is 5.54. The maximum absolute atomic E-state index is 12.8. The first-order valence-electron chi connectivity index (χ1n) is 11.1. The van der Waals surface area contributed by atoms with Gasteiger partial charge in [0.2, 0.25) is 11.8 Å². The lowest BCUT2D eigenvalue weighted by atomic mass is 10.0. The number of azide groups is 1. The van der Waals surface area contributed by atoms with Gasteiger partial charge in [-0.25, -0.2) is 0 Å². The van der Waals surface area contributed by atoms with Crippen LogP contribution in [0.5, 0.6) is 0 Å². The minimum absolute atomic E-state index is 0.0900. The number of piperidine rings is 1. The number of fused-ring (bicyclic) bond motifs is 1. The highest BCUT2D eigenvalue weighted by molar-refractivity contribution is 6.23. The molecule has 1 unspecified atom stereocenters. The second-order valence-corrected chi connectivity index (χ2v) is 7.72. The van der Waals surface area contributed by atoms with E-state index in [1.165, 1.54) is 0 Å². The first-order chi connectivity index (χ1) is 16.5. The second kappa shape index (κ2) is 12.8. The fraction of sp³-hybridized carbons (Fsp3) is 0.545. The topological polar surface area (TPSA) is 160 Å². The van der Waals surface area contributed by atoms with Crippen molar-refractivity contribution in [1.82, 2.24) is 10.2 Å². The Morgan fingerprint density at radius 2 is 1.65 bits per heavy atom. The zero-order chi connectivity index (χ0) is 24.3. The highest BCUT2D eigenvalue weighted by atomic mass is 16.5. The van der Waals surface area contributed by atoms with Crippen LogP contribution in [0.2, 0.25) is 0 Å². The predicted octanol–water partition coefficient (Wildman–Crippen LogP) is 1.38. The minimum atomic E-state index is -0.964. The molecule has 0 radical (unpaired) electrons. The van der Waals surface area contributed by atoms with Crippen molar-refractivity contribution >= 4 is 23.6 Å². The average molecular weight is 473 g/mol. The number of imide groups is 2. The van der Waals surface area contributed by atoms with Gasteiger partial charge in [-0.3, -0.25) is 29.4 Å². The lowest BCUT2D eigenvalue weighted by molar-refractivity contribution is -0.136. The summed E-state index contributed by atoms with van der Waals surface area (Å²) in [6, 6.07) is 4.13. The summed E-state index contributed by atoms with van der Waals surface area (Å²) in [5.74, 6) is -2.04. The predicted molar refractivity (Wildman–Crippen MR) is 118 cm³/mol. The van der Waals surface area contributed by atoms with Gasteiger partial charge in [0.15, 0.2) is 0 Å². The Bertz CT molecular complexity index is 976. The molecule has 182 valence electrons. The van der Waals surface area contributed by atoms with Gasteiger partial charge in [0.05, 0.1) is 44.2 Å². The number of ether oxygens (including phenoxy) is 3. The number of hydrogen-bond donors (Lipinski definition) is 1. The number of carbonyl (C=O) groups excluding carboxylic acids is 4. The molecule has 2 heterocycles. The molecule has 0 bridgehead atoms. The van der Waals surface area contributed by atoms with E-state index in [0.717, 1.165) is 16.9 Å². The third kappa shape index (κ3) is 6.61. The Morgan fingerprint density at radius 1 is 0.971 bits per heavy atom. The molecule has 1 aromatic carbocycles. The normalized spacial score (nSPS) is 17.5. The monoisotopic (exact) mass is 473 g/mol. The van der Waals surface area contributed by atoms with E-state index in [1.807, 2.05) is 0 Å². The van der Waals surface area contributed by atoms with Crippen molar-refractivity contribution in [2.24, 2.45) is 5.11 Å². The summed E-state index contributed by atoms with van der Waals surface area (Å²) >= 11 is 0. The van der Waals surface area contributed by atoms with Gasteiger partial charge in [-0.15, -0.1) is 0 Å². The number of amides is 4. The lowest BCUT2D eigenvalue weighted by Gasteiger charge is -2.27. The van der Waals surface area contributed by atoms with Crippen LogP contribution < -0.4 is 5.32 Å². The van der Waals surface area contributed by atoms with Gasteiger partial charge in [-0.05, 0) is 42.5 Å². The van der Waals surface area contributed by atoms with Gasteiger partial charge in [0.25, 0.3) is 11.8 Å². The lowest BCUT2D eigenvalue weighted by Crippen LogP contribution is -2.54. The van der Waals surface area contributed by atoms with Crippen molar-refractivity contribution in [3.05, 3.63) is 45.3 Å². The number of nitrogens with zero attached hydrogens (tertiary/aromatic N) is 4. The number of carbonyl (C=O) groups is 4. The van der Waals surface area contributed by atoms with E-state index in [2.05, 4.69) is 15.3 Å². The van der Waals surface area contributed by atoms with Crippen LogP contribution in [0.3, 0.4) is 0 Å². The highest BCUT2D eigenvalue weighted by Gasteiger charge is 2.44. The van der Waals surface area contributed by atoms with Crippen LogP contribution in [0.15, 0.2) is 23.3 Å². The molecule has 1 atom stereocenters. The van der Waals surface area contributed by atoms with Crippen molar-refractivity contribution in [3.8, 4) is 0 Å². The van der Waals surface area contributed by atoms with Gasteiger partial charge in [-0.2, -0.15) is 0 Å². The van der Waals surface area contributed by atoms with Crippen molar-refractivity contribution < 1.29 is 33.4 Å². The van der Waals surface area contributed by atoms with Crippen molar-refractivity contribution in [1.29, 1.82) is 0 Å². The van der Waals surface area contributed by atoms with E-state index in [-0.39, 0.29) is 24.0 Å². The molecule has 0 saturated carbocycles. The van der Waals surface area contributed by atoms with E-state index in [9.17, 15) is 19.2 Å². The van der Waals surface area contributed by atoms with Gasteiger partial charge >= 0.3 is 0 Å². The summed E-state index contributed by atoms with van der Waals surface area (Å²) in [5.41, 5.74) is 9.58. The molecular formula is C22H27N5O7. The van der Waals surface area contributed by atoms with Gasteiger partial charge in [0, 0.05) is 24.5 Å². The van der Waals surface area contributed by atoms with E-state index in [4.69, 9.17) is 19.7 Å².